The minimum Gasteiger partial charge on any atom is -0.496 e. The lowest BCUT2D eigenvalue weighted by Gasteiger charge is -2.36. The summed E-state index contributed by atoms with van der Waals surface area (Å²) in [6, 6.07) is 10.5. The molecule has 0 aliphatic carbocycles. The molecule has 3 aliphatic heterocycles. The van der Waals surface area contributed by atoms with Crippen molar-refractivity contribution in [1.29, 1.82) is 0 Å². The molecule has 2 aromatic rings. The molecule has 1 aromatic carbocycles. The fourth-order valence-corrected chi connectivity index (χ4v) is 4.70. The van der Waals surface area contributed by atoms with E-state index in [1.807, 2.05) is 18.2 Å². The third kappa shape index (κ3) is 4.35. The van der Waals surface area contributed by atoms with Crippen LogP contribution in [0.3, 0.4) is 0 Å². The minimum absolute atomic E-state index is 0.129. The number of nitrogens with zero attached hydrogens (tertiary/aromatic N) is 3. The Morgan fingerprint density at radius 1 is 1.21 bits per heavy atom. The van der Waals surface area contributed by atoms with E-state index in [9.17, 15) is 4.79 Å². The van der Waals surface area contributed by atoms with E-state index in [1.54, 1.807) is 19.5 Å². The van der Waals surface area contributed by atoms with Gasteiger partial charge in [-0.2, -0.15) is 0 Å². The zero-order valence-electron chi connectivity index (χ0n) is 17.1. The topological polar surface area (TPSA) is 45.7 Å². The fourth-order valence-electron chi connectivity index (χ4n) is 4.70. The Balaban J connectivity index is 1.49. The highest BCUT2D eigenvalue weighted by molar-refractivity contribution is 5.94. The number of hydrogen-bond acceptors (Lipinski definition) is 4. The number of ether oxygens (including phenoxy) is 1. The number of carbonyl (C=O) groups excluding carboxylic acids is 1. The second kappa shape index (κ2) is 8.78. The number of rotatable bonds is 6. The zero-order valence-corrected chi connectivity index (χ0v) is 17.1. The summed E-state index contributed by atoms with van der Waals surface area (Å²) in [5.41, 5.74) is 3.20. The molecule has 0 radical (unpaired) electrons. The van der Waals surface area contributed by atoms with Gasteiger partial charge in [-0.05, 0) is 54.5 Å². The van der Waals surface area contributed by atoms with Crippen LogP contribution in [0.4, 0.5) is 0 Å². The quantitative estimate of drug-likeness (QED) is 0.707. The Hall–Kier alpha value is -2.66. The molecule has 0 unspecified atom stereocenters. The third-order valence-electron chi connectivity index (χ3n) is 6.14. The molecule has 3 aliphatic rings. The maximum atomic E-state index is 13.0. The van der Waals surface area contributed by atoms with Crippen LogP contribution in [0, 0.1) is 5.92 Å². The van der Waals surface area contributed by atoms with E-state index in [0.717, 1.165) is 50.3 Å². The normalized spacial score (nSPS) is 21.6. The average Bonchev–Trinajstić information content (AvgIpc) is 3.06. The molecule has 0 spiro atoms. The van der Waals surface area contributed by atoms with Crippen molar-refractivity contribution in [3.05, 3.63) is 72.1 Å². The van der Waals surface area contributed by atoms with Crippen LogP contribution in [0.15, 0.2) is 55.4 Å². The van der Waals surface area contributed by atoms with Crippen LogP contribution < -0.4 is 4.74 Å². The van der Waals surface area contributed by atoms with Crippen LogP contribution in [0.25, 0.3) is 0 Å². The van der Waals surface area contributed by atoms with Crippen molar-refractivity contribution in [2.45, 2.75) is 31.8 Å². The predicted octanol–water partition coefficient (Wildman–Crippen LogP) is 3.56. The van der Waals surface area contributed by atoms with Gasteiger partial charge in [-0.15, -0.1) is 6.58 Å². The Bertz CT molecular complexity index is 868. The molecular formula is C24H29N3O2. The molecule has 3 fully saturated rings. The van der Waals surface area contributed by atoms with Gasteiger partial charge in [0.15, 0.2) is 0 Å². The monoisotopic (exact) mass is 391 g/mol. The second-order valence-corrected chi connectivity index (χ2v) is 8.11. The first kappa shape index (κ1) is 19.6. The van der Waals surface area contributed by atoms with E-state index in [4.69, 9.17) is 4.74 Å². The van der Waals surface area contributed by atoms with Crippen molar-refractivity contribution in [2.75, 3.05) is 26.7 Å². The van der Waals surface area contributed by atoms with Gasteiger partial charge >= 0.3 is 0 Å². The first-order valence-electron chi connectivity index (χ1n) is 10.4. The molecule has 2 bridgehead atoms. The molecular weight excluding hydrogens is 362 g/mol. The Morgan fingerprint density at radius 3 is 2.79 bits per heavy atom. The van der Waals surface area contributed by atoms with Gasteiger partial charge in [0.1, 0.15) is 5.75 Å². The lowest BCUT2D eigenvalue weighted by Crippen LogP contribution is -2.43. The van der Waals surface area contributed by atoms with Crippen LogP contribution >= 0.6 is 0 Å². The maximum absolute atomic E-state index is 13.0. The summed E-state index contributed by atoms with van der Waals surface area (Å²) >= 11 is 0. The number of hydrogen-bond donors (Lipinski definition) is 0. The first-order valence-corrected chi connectivity index (χ1v) is 10.4. The molecule has 0 N–H and O–H groups in total. The lowest BCUT2D eigenvalue weighted by atomic mass is 9.94. The highest BCUT2D eigenvalue weighted by Gasteiger charge is 2.36. The standard InChI is InChI=1S/C24H29N3O2/c1-3-4-21-13-18(6-8-23(21)29-2)14-26-15-19-5-7-22(26)17-27(16-19)24(28)20-9-11-25-12-10-20/h3,6,8-13,19,22H,1,4-5,7,14-17H2,2H3/t19-,22-/m1/s1. The molecule has 5 rings (SSSR count). The van der Waals surface area contributed by atoms with Crippen LogP contribution in [-0.4, -0.2) is 53.5 Å². The lowest BCUT2D eigenvalue weighted by molar-refractivity contribution is 0.0736. The summed E-state index contributed by atoms with van der Waals surface area (Å²) in [4.78, 5) is 21.6. The van der Waals surface area contributed by atoms with Crippen molar-refractivity contribution in [3.8, 4) is 5.75 Å². The van der Waals surface area contributed by atoms with Crippen LogP contribution in [0.2, 0.25) is 0 Å². The molecule has 0 saturated carbocycles. The average molecular weight is 392 g/mol. The summed E-state index contributed by atoms with van der Waals surface area (Å²) in [7, 11) is 1.71. The molecule has 5 nitrogen and oxygen atoms in total. The highest BCUT2D eigenvalue weighted by atomic mass is 16.5. The number of carbonyl (C=O) groups is 1. The number of piperidine rings is 1. The minimum atomic E-state index is 0.129. The van der Waals surface area contributed by atoms with Crippen LogP contribution in [0.1, 0.15) is 34.3 Å². The van der Waals surface area contributed by atoms with Gasteiger partial charge in [-0.1, -0.05) is 18.2 Å². The highest BCUT2D eigenvalue weighted by Crippen LogP contribution is 2.31. The van der Waals surface area contributed by atoms with Crippen LogP contribution in [0.5, 0.6) is 5.75 Å². The van der Waals surface area contributed by atoms with Gasteiger partial charge in [0.05, 0.1) is 7.11 Å². The van der Waals surface area contributed by atoms with E-state index >= 15 is 0 Å². The van der Waals surface area contributed by atoms with Crippen molar-refractivity contribution in [1.82, 2.24) is 14.8 Å². The van der Waals surface area contributed by atoms with Gasteiger partial charge in [0, 0.05) is 50.2 Å². The number of methoxy groups -OCH3 is 1. The first-order chi connectivity index (χ1) is 14.2. The van der Waals surface area contributed by atoms with E-state index in [-0.39, 0.29) is 5.91 Å². The van der Waals surface area contributed by atoms with Gasteiger partial charge in [0.25, 0.3) is 5.91 Å². The van der Waals surface area contributed by atoms with Crippen LogP contribution in [-0.2, 0) is 13.0 Å². The molecule has 152 valence electrons. The summed E-state index contributed by atoms with van der Waals surface area (Å²) in [6.45, 7) is 7.47. The number of aromatic nitrogens is 1. The van der Waals surface area contributed by atoms with Gasteiger partial charge in [0.2, 0.25) is 0 Å². The summed E-state index contributed by atoms with van der Waals surface area (Å²) < 4.78 is 5.48. The molecule has 5 heteroatoms. The van der Waals surface area contributed by atoms with E-state index in [2.05, 4.69) is 39.6 Å². The number of amides is 1. The number of pyridine rings is 1. The van der Waals surface area contributed by atoms with Crippen molar-refractivity contribution >= 4 is 5.91 Å². The van der Waals surface area contributed by atoms with Crippen molar-refractivity contribution < 1.29 is 9.53 Å². The summed E-state index contributed by atoms with van der Waals surface area (Å²) in [5.74, 6) is 1.58. The largest absolute Gasteiger partial charge is 0.496 e. The Labute approximate surface area is 173 Å². The molecule has 2 atom stereocenters. The number of allylic oxidation sites excluding steroid dienone is 1. The molecule has 1 aromatic heterocycles. The summed E-state index contributed by atoms with van der Waals surface area (Å²) in [6.07, 6.45) is 8.45. The Morgan fingerprint density at radius 2 is 2.03 bits per heavy atom. The number of benzene rings is 1. The Kier molecular flexibility index (Phi) is 5.95. The summed E-state index contributed by atoms with van der Waals surface area (Å²) in [5, 5.41) is 0. The van der Waals surface area contributed by atoms with Crippen molar-refractivity contribution in [3.63, 3.8) is 0 Å². The van der Waals surface area contributed by atoms with E-state index < -0.39 is 0 Å². The fraction of sp³-hybridized carbons (Fsp3) is 0.417. The molecule has 29 heavy (non-hydrogen) atoms. The smallest absolute Gasteiger partial charge is 0.254 e. The third-order valence-corrected chi connectivity index (χ3v) is 6.14. The van der Waals surface area contributed by atoms with E-state index in [1.165, 1.54) is 17.5 Å². The second-order valence-electron chi connectivity index (χ2n) is 8.11. The predicted molar refractivity (Wildman–Crippen MR) is 114 cm³/mol. The molecule has 1 amide bonds. The zero-order chi connectivity index (χ0) is 20.2. The van der Waals surface area contributed by atoms with Crippen molar-refractivity contribution in [2.24, 2.45) is 5.92 Å². The number of fused-ring (bicyclic) bond motifs is 4. The molecule has 4 heterocycles. The van der Waals surface area contributed by atoms with Gasteiger partial charge < -0.3 is 9.64 Å². The maximum Gasteiger partial charge on any atom is 0.254 e. The van der Waals surface area contributed by atoms with E-state index in [0.29, 0.717) is 12.0 Å². The van der Waals surface area contributed by atoms with Gasteiger partial charge in [-0.25, -0.2) is 0 Å². The SMILES string of the molecule is C=CCc1cc(CN2C[C@H]3CC[C@@H]2CN(C(=O)c2ccncc2)C3)ccc1OC. The van der Waals surface area contributed by atoms with Gasteiger partial charge in [-0.3, -0.25) is 14.7 Å². The molecule has 3 saturated heterocycles.